The van der Waals surface area contributed by atoms with Crippen molar-refractivity contribution in [1.29, 1.82) is 0 Å². The number of aromatic nitrogens is 2. The zero-order chi connectivity index (χ0) is 17.8. The number of hydrogen-bond donors (Lipinski definition) is 2. The first-order chi connectivity index (χ1) is 12.1. The minimum absolute atomic E-state index is 0.0915. The number of methoxy groups -OCH3 is 2. The maximum Gasteiger partial charge on any atom is 0.181 e. The highest BCUT2D eigenvalue weighted by molar-refractivity contribution is 7.80. The third-order valence-corrected chi connectivity index (χ3v) is 3.72. The molecular weight excluding hydrogens is 344 g/mol. The van der Waals surface area contributed by atoms with Crippen molar-refractivity contribution in [3.8, 4) is 11.5 Å². The third-order valence-electron chi connectivity index (χ3n) is 3.36. The number of fused-ring (bicyclic) bond motifs is 1. The number of anilines is 3. The molecule has 1 heterocycles. The van der Waals surface area contributed by atoms with Crippen molar-refractivity contribution in [3.63, 3.8) is 0 Å². The fourth-order valence-electron chi connectivity index (χ4n) is 2.25. The average molecular weight is 359 g/mol. The molecule has 0 saturated carbocycles. The smallest absolute Gasteiger partial charge is 0.181 e. The number of benzene rings is 2. The van der Waals surface area contributed by atoms with Crippen LogP contribution in [0.5, 0.6) is 11.5 Å². The SMILES string of the molecule is COc1cc(Nc2nc3ccccc3nc2NS(=O)[O-])cc(OC)c1. The number of ether oxygens (including phenoxy) is 2. The molecule has 25 heavy (non-hydrogen) atoms. The maximum absolute atomic E-state index is 11.1. The van der Waals surface area contributed by atoms with E-state index < -0.39 is 11.3 Å². The van der Waals surface area contributed by atoms with Gasteiger partial charge in [0.25, 0.3) is 0 Å². The van der Waals surface area contributed by atoms with Gasteiger partial charge in [-0.2, -0.15) is 0 Å². The zero-order valence-electron chi connectivity index (χ0n) is 13.5. The van der Waals surface area contributed by atoms with Crippen LogP contribution in [0.15, 0.2) is 42.5 Å². The van der Waals surface area contributed by atoms with Crippen LogP contribution in [0.3, 0.4) is 0 Å². The molecular formula is C16H15N4O4S-. The lowest BCUT2D eigenvalue weighted by Gasteiger charge is -2.15. The number of nitrogens with one attached hydrogen (secondary N) is 2. The second kappa shape index (κ2) is 7.32. The van der Waals surface area contributed by atoms with Gasteiger partial charge in [-0.1, -0.05) is 12.1 Å². The van der Waals surface area contributed by atoms with Crippen molar-refractivity contribution >= 4 is 39.6 Å². The van der Waals surface area contributed by atoms with Gasteiger partial charge in [-0.3, -0.25) is 8.93 Å². The van der Waals surface area contributed by atoms with Crippen LogP contribution in [-0.4, -0.2) is 32.9 Å². The van der Waals surface area contributed by atoms with Crippen LogP contribution < -0.4 is 19.5 Å². The molecule has 0 amide bonds. The van der Waals surface area contributed by atoms with Gasteiger partial charge in [0.15, 0.2) is 11.6 Å². The van der Waals surface area contributed by atoms with Crippen LogP contribution in [0.1, 0.15) is 0 Å². The molecule has 1 atom stereocenters. The summed E-state index contributed by atoms with van der Waals surface area (Å²) < 4.78 is 34.8. The summed E-state index contributed by atoms with van der Waals surface area (Å²) in [5.41, 5.74) is 1.81. The van der Waals surface area contributed by atoms with Gasteiger partial charge >= 0.3 is 0 Å². The van der Waals surface area contributed by atoms with Crippen molar-refractivity contribution in [2.75, 3.05) is 24.3 Å². The Bertz CT molecular complexity index is 913. The van der Waals surface area contributed by atoms with E-state index in [1.165, 1.54) is 0 Å². The van der Waals surface area contributed by atoms with E-state index in [2.05, 4.69) is 20.0 Å². The van der Waals surface area contributed by atoms with Crippen LogP contribution >= 0.6 is 0 Å². The Labute approximate surface area is 146 Å². The molecule has 0 aliphatic carbocycles. The maximum atomic E-state index is 11.1. The van der Waals surface area contributed by atoms with Gasteiger partial charge in [0.2, 0.25) is 0 Å². The number of hydrogen-bond acceptors (Lipinski definition) is 7. The first-order valence-corrected chi connectivity index (χ1v) is 8.29. The quantitative estimate of drug-likeness (QED) is 0.651. The van der Waals surface area contributed by atoms with Gasteiger partial charge in [0.1, 0.15) is 11.5 Å². The summed E-state index contributed by atoms with van der Waals surface area (Å²) in [6, 6.07) is 12.4. The predicted molar refractivity (Wildman–Crippen MR) is 94.9 cm³/mol. The summed E-state index contributed by atoms with van der Waals surface area (Å²) in [5, 5.41) is 3.05. The zero-order valence-corrected chi connectivity index (χ0v) is 14.3. The molecule has 0 aliphatic heterocycles. The van der Waals surface area contributed by atoms with Crippen molar-refractivity contribution in [2.24, 2.45) is 0 Å². The van der Waals surface area contributed by atoms with Gasteiger partial charge in [-0.15, -0.1) is 0 Å². The van der Waals surface area contributed by atoms with Crippen LogP contribution in [0, 0.1) is 0 Å². The van der Waals surface area contributed by atoms with Crippen molar-refractivity contribution in [2.45, 2.75) is 0 Å². The summed E-state index contributed by atoms with van der Waals surface area (Å²) in [7, 11) is 3.09. The molecule has 0 spiro atoms. The van der Waals surface area contributed by atoms with Crippen LogP contribution in [0.25, 0.3) is 11.0 Å². The number of nitrogens with zero attached hydrogens (tertiary/aromatic N) is 2. The van der Waals surface area contributed by atoms with E-state index in [0.717, 1.165) is 0 Å². The fourth-order valence-corrected chi connectivity index (χ4v) is 2.55. The Morgan fingerprint density at radius 3 is 2.04 bits per heavy atom. The highest BCUT2D eigenvalue weighted by Gasteiger charge is 2.11. The van der Waals surface area contributed by atoms with Crippen molar-refractivity contribution < 1.29 is 18.2 Å². The first-order valence-electron chi connectivity index (χ1n) is 7.22. The highest BCUT2D eigenvalue weighted by Crippen LogP contribution is 2.30. The van der Waals surface area contributed by atoms with Gasteiger partial charge in [-0.25, -0.2) is 9.97 Å². The molecule has 130 valence electrons. The number of para-hydroxylation sites is 2. The molecule has 9 heteroatoms. The summed E-state index contributed by atoms with van der Waals surface area (Å²) in [5.74, 6) is 1.52. The Morgan fingerprint density at radius 2 is 1.52 bits per heavy atom. The van der Waals surface area contributed by atoms with Gasteiger partial charge in [-0.05, 0) is 12.1 Å². The van der Waals surface area contributed by atoms with E-state index in [4.69, 9.17) is 9.47 Å². The van der Waals surface area contributed by atoms with E-state index in [9.17, 15) is 8.76 Å². The Balaban J connectivity index is 2.06. The molecule has 0 bridgehead atoms. The molecule has 1 aromatic heterocycles. The lowest BCUT2D eigenvalue weighted by Crippen LogP contribution is -2.09. The molecule has 0 radical (unpaired) electrons. The molecule has 0 saturated heterocycles. The predicted octanol–water partition coefficient (Wildman–Crippen LogP) is 2.60. The van der Waals surface area contributed by atoms with E-state index in [1.54, 1.807) is 50.6 Å². The summed E-state index contributed by atoms with van der Waals surface area (Å²) in [4.78, 5) is 8.75. The topological polar surface area (TPSA) is 108 Å². The molecule has 8 nitrogen and oxygen atoms in total. The second-order valence-electron chi connectivity index (χ2n) is 4.97. The minimum Gasteiger partial charge on any atom is -0.755 e. The molecule has 3 rings (SSSR count). The van der Waals surface area contributed by atoms with Crippen molar-refractivity contribution in [3.05, 3.63) is 42.5 Å². The average Bonchev–Trinajstić information content (AvgIpc) is 2.61. The van der Waals surface area contributed by atoms with Crippen LogP contribution in [0.4, 0.5) is 17.3 Å². The van der Waals surface area contributed by atoms with Crippen molar-refractivity contribution in [1.82, 2.24) is 9.97 Å². The monoisotopic (exact) mass is 359 g/mol. The molecule has 3 aromatic rings. The van der Waals surface area contributed by atoms with Gasteiger partial charge in [0.05, 0.1) is 25.3 Å². The van der Waals surface area contributed by atoms with E-state index in [1.807, 2.05) is 6.07 Å². The molecule has 1 unspecified atom stereocenters. The van der Waals surface area contributed by atoms with Crippen LogP contribution in [-0.2, 0) is 11.3 Å². The van der Waals surface area contributed by atoms with Gasteiger partial charge in [0, 0.05) is 35.2 Å². The molecule has 2 N–H and O–H groups in total. The Kier molecular flexibility index (Phi) is 4.96. The normalized spacial score (nSPS) is 11.8. The minimum atomic E-state index is -2.53. The van der Waals surface area contributed by atoms with Crippen LogP contribution in [0.2, 0.25) is 0 Å². The fraction of sp³-hybridized carbons (Fsp3) is 0.125. The summed E-state index contributed by atoms with van der Waals surface area (Å²) in [6.45, 7) is 0. The Morgan fingerprint density at radius 1 is 0.960 bits per heavy atom. The second-order valence-corrected chi connectivity index (χ2v) is 5.65. The summed E-state index contributed by atoms with van der Waals surface area (Å²) >= 11 is -2.53. The lowest BCUT2D eigenvalue weighted by molar-refractivity contribution is 0.395. The molecule has 2 aromatic carbocycles. The highest BCUT2D eigenvalue weighted by atomic mass is 32.2. The lowest BCUT2D eigenvalue weighted by atomic mass is 10.2. The van der Waals surface area contributed by atoms with Gasteiger partial charge < -0.3 is 19.3 Å². The molecule has 0 aliphatic rings. The van der Waals surface area contributed by atoms with E-state index >= 15 is 0 Å². The summed E-state index contributed by atoms with van der Waals surface area (Å²) in [6.07, 6.45) is 0. The van der Waals surface area contributed by atoms with E-state index in [-0.39, 0.29) is 11.6 Å². The largest absolute Gasteiger partial charge is 0.755 e. The standard InChI is InChI=1S/C16H16N4O4S/c1-23-11-7-10(8-12(9-11)24-2)17-15-16(20-25(21)22)19-14-6-4-3-5-13(14)18-15/h3-9H,1-2H3,(H,17,18)(H,19,20)(H,21,22)/p-1. The first kappa shape index (κ1) is 16.9. The Hall–Kier alpha value is -2.91. The molecule has 0 fully saturated rings. The third kappa shape index (κ3) is 3.95. The van der Waals surface area contributed by atoms with E-state index in [0.29, 0.717) is 28.2 Å². The number of rotatable bonds is 6.